The summed E-state index contributed by atoms with van der Waals surface area (Å²) < 4.78 is 21.3. The van der Waals surface area contributed by atoms with Gasteiger partial charge in [0.25, 0.3) is 0 Å². The molecule has 2 aromatic rings. The molecule has 1 heterocycles. The predicted molar refractivity (Wildman–Crippen MR) is 98.4 cm³/mol. The first-order valence-corrected chi connectivity index (χ1v) is 8.52. The Morgan fingerprint density at radius 3 is 2.04 bits per heavy atom. The molecule has 136 valence electrons. The molecule has 0 amide bonds. The number of ether oxygens (including phenoxy) is 4. The summed E-state index contributed by atoms with van der Waals surface area (Å²) in [5, 5.41) is 0. The van der Waals surface area contributed by atoms with Crippen LogP contribution in [0.1, 0.15) is 6.92 Å². The number of carbonyl (C=O) groups is 1. The summed E-state index contributed by atoms with van der Waals surface area (Å²) >= 11 is 0. The van der Waals surface area contributed by atoms with E-state index in [2.05, 4.69) is 6.58 Å². The van der Waals surface area contributed by atoms with Crippen molar-refractivity contribution in [3.63, 3.8) is 0 Å². The molecule has 0 saturated carbocycles. The van der Waals surface area contributed by atoms with E-state index in [0.717, 1.165) is 29.2 Å². The van der Waals surface area contributed by atoms with E-state index in [1.165, 1.54) is 0 Å². The molecule has 1 unspecified atom stereocenters. The van der Waals surface area contributed by atoms with Crippen LogP contribution >= 0.6 is 0 Å². The van der Waals surface area contributed by atoms with Gasteiger partial charge in [-0.25, -0.2) is 4.79 Å². The van der Waals surface area contributed by atoms with Crippen molar-refractivity contribution < 1.29 is 23.7 Å². The Hall–Kier alpha value is -2.79. The quantitative estimate of drug-likeness (QED) is 0.298. The average molecular weight is 354 g/mol. The van der Waals surface area contributed by atoms with Crippen LogP contribution in [0.4, 0.5) is 0 Å². The van der Waals surface area contributed by atoms with Crippen molar-refractivity contribution >= 4 is 5.97 Å². The lowest BCUT2D eigenvalue weighted by atomic mass is 10.1. The van der Waals surface area contributed by atoms with Gasteiger partial charge in [0.1, 0.15) is 37.4 Å². The van der Waals surface area contributed by atoms with Gasteiger partial charge in [-0.15, -0.1) is 0 Å². The molecule has 1 aliphatic rings. The number of esters is 1. The van der Waals surface area contributed by atoms with Crippen LogP contribution in [0.15, 0.2) is 60.7 Å². The normalized spacial score (nSPS) is 15.2. The maximum Gasteiger partial charge on any atom is 0.333 e. The lowest BCUT2D eigenvalue weighted by Gasteiger charge is -2.09. The lowest BCUT2D eigenvalue weighted by Crippen LogP contribution is -2.12. The molecule has 3 rings (SSSR count). The van der Waals surface area contributed by atoms with Crippen molar-refractivity contribution in [2.24, 2.45) is 0 Å². The van der Waals surface area contributed by atoms with Crippen molar-refractivity contribution in [3.05, 3.63) is 60.7 Å². The monoisotopic (exact) mass is 354 g/mol. The minimum atomic E-state index is -0.402. The van der Waals surface area contributed by atoms with Crippen LogP contribution in [0, 0.1) is 0 Å². The Morgan fingerprint density at radius 2 is 1.54 bits per heavy atom. The minimum Gasteiger partial charge on any atom is -0.491 e. The first-order valence-electron chi connectivity index (χ1n) is 8.52. The number of hydrogen-bond acceptors (Lipinski definition) is 5. The van der Waals surface area contributed by atoms with Crippen molar-refractivity contribution in [2.75, 3.05) is 26.4 Å². The Balaban J connectivity index is 1.47. The topological polar surface area (TPSA) is 57.3 Å². The molecule has 0 bridgehead atoms. The molecule has 1 atom stereocenters. The van der Waals surface area contributed by atoms with Crippen molar-refractivity contribution in [1.29, 1.82) is 0 Å². The third-order valence-electron chi connectivity index (χ3n) is 3.81. The van der Waals surface area contributed by atoms with Gasteiger partial charge in [0.15, 0.2) is 0 Å². The highest BCUT2D eigenvalue weighted by Crippen LogP contribution is 2.25. The molecule has 1 saturated heterocycles. The molecule has 5 heteroatoms. The average Bonchev–Trinajstić information content (AvgIpc) is 3.49. The molecule has 0 aliphatic carbocycles. The first kappa shape index (κ1) is 18.0. The van der Waals surface area contributed by atoms with Crippen LogP contribution in [0.25, 0.3) is 11.1 Å². The Morgan fingerprint density at radius 1 is 1.00 bits per heavy atom. The zero-order valence-corrected chi connectivity index (χ0v) is 14.8. The third-order valence-corrected chi connectivity index (χ3v) is 3.81. The Bertz CT molecular complexity index is 745. The van der Waals surface area contributed by atoms with Crippen LogP contribution < -0.4 is 9.47 Å². The summed E-state index contributed by atoms with van der Waals surface area (Å²) in [7, 11) is 0. The third kappa shape index (κ3) is 5.36. The van der Waals surface area contributed by atoms with E-state index in [-0.39, 0.29) is 12.7 Å². The molecule has 26 heavy (non-hydrogen) atoms. The Kier molecular flexibility index (Phi) is 5.92. The number of benzene rings is 2. The highest BCUT2D eigenvalue weighted by molar-refractivity contribution is 5.86. The van der Waals surface area contributed by atoms with Crippen LogP contribution in [-0.2, 0) is 14.3 Å². The molecule has 0 radical (unpaired) electrons. The molecule has 0 N–H and O–H groups in total. The Labute approximate surface area is 153 Å². The minimum absolute atomic E-state index is 0.195. The molecule has 2 aromatic carbocycles. The van der Waals surface area contributed by atoms with Crippen LogP contribution in [0.2, 0.25) is 0 Å². The SMILES string of the molecule is C=C(C)C(=O)OCCOc1ccc(-c2ccc(OCC3CO3)cc2)cc1. The zero-order valence-electron chi connectivity index (χ0n) is 14.8. The van der Waals surface area contributed by atoms with E-state index in [0.29, 0.717) is 18.8 Å². The molecule has 0 aromatic heterocycles. The van der Waals surface area contributed by atoms with Gasteiger partial charge in [0.05, 0.1) is 6.61 Å². The smallest absolute Gasteiger partial charge is 0.333 e. The van der Waals surface area contributed by atoms with Gasteiger partial charge in [0.2, 0.25) is 0 Å². The highest BCUT2D eigenvalue weighted by Gasteiger charge is 2.22. The maximum atomic E-state index is 11.3. The number of carbonyl (C=O) groups excluding carboxylic acids is 1. The zero-order chi connectivity index (χ0) is 18.4. The second-order valence-corrected chi connectivity index (χ2v) is 6.08. The van der Waals surface area contributed by atoms with Crippen molar-refractivity contribution in [3.8, 4) is 22.6 Å². The van der Waals surface area contributed by atoms with Gasteiger partial charge in [-0.2, -0.15) is 0 Å². The molecule has 1 aliphatic heterocycles. The van der Waals surface area contributed by atoms with E-state index in [4.69, 9.17) is 18.9 Å². The van der Waals surface area contributed by atoms with Gasteiger partial charge in [-0.05, 0) is 42.3 Å². The molecule has 0 spiro atoms. The van der Waals surface area contributed by atoms with Gasteiger partial charge in [-0.3, -0.25) is 0 Å². The van der Waals surface area contributed by atoms with E-state index in [1.807, 2.05) is 48.5 Å². The summed E-state index contributed by atoms with van der Waals surface area (Å²) in [6.45, 7) is 7.04. The fraction of sp³-hybridized carbons (Fsp3) is 0.286. The van der Waals surface area contributed by atoms with Gasteiger partial charge < -0.3 is 18.9 Å². The molecular weight excluding hydrogens is 332 g/mol. The summed E-state index contributed by atoms with van der Waals surface area (Å²) in [6.07, 6.45) is 0.256. The lowest BCUT2D eigenvalue weighted by molar-refractivity contribution is -0.139. The van der Waals surface area contributed by atoms with E-state index in [1.54, 1.807) is 6.92 Å². The van der Waals surface area contributed by atoms with Crippen molar-refractivity contribution in [1.82, 2.24) is 0 Å². The summed E-state index contributed by atoms with van der Waals surface area (Å²) in [4.78, 5) is 11.3. The van der Waals surface area contributed by atoms with Gasteiger partial charge in [0, 0.05) is 5.57 Å². The summed E-state index contributed by atoms with van der Waals surface area (Å²) in [5.41, 5.74) is 2.57. The highest BCUT2D eigenvalue weighted by atomic mass is 16.6. The van der Waals surface area contributed by atoms with E-state index in [9.17, 15) is 4.79 Å². The van der Waals surface area contributed by atoms with Crippen LogP contribution in [-0.4, -0.2) is 38.5 Å². The summed E-state index contributed by atoms with van der Waals surface area (Å²) in [6, 6.07) is 15.7. The fourth-order valence-electron chi connectivity index (χ4n) is 2.26. The van der Waals surface area contributed by atoms with E-state index < -0.39 is 5.97 Å². The maximum absolute atomic E-state index is 11.3. The van der Waals surface area contributed by atoms with Gasteiger partial charge in [-0.1, -0.05) is 30.8 Å². The standard InChI is InChI=1S/C21H22O5/c1-15(2)21(22)24-12-11-23-18-7-3-16(4-8-18)17-5-9-19(10-6-17)25-13-20-14-26-20/h3-10,20H,1,11-14H2,2H3. The molecular formula is C21H22O5. The first-order chi connectivity index (χ1) is 12.6. The van der Waals surface area contributed by atoms with Gasteiger partial charge >= 0.3 is 5.97 Å². The molecule has 1 fully saturated rings. The fourth-order valence-corrected chi connectivity index (χ4v) is 2.26. The number of epoxide rings is 1. The molecule has 5 nitrogen and oxygen atoms in total. The number of rotatable bonds is 9. The van der Waals surface area contributed by atoms with Crippen molar-refractivity contribution in [2.45, 2.75) is 13.0 Å². The largest absolute Gasteiger partial charge is 0.491 e. The van der Waals surface area contributed by atoms with E-state index >= 15 is 0 Å². The number of hydrogen-bond donors (Lipinski definition) is 0. The van der Waals surface area contributed by atoms with Crippen LogP contribution in [0.5, 0.6) is 11.5 Å². The second-order valence-electron chi connectivity index (χ2n) is 6.08. The second kappa shape index (κ2) is 8.54. The summed E-state index contributed by atoms with van der Waals surface area (Å²) in [5.74, 6) is 1.17. The predicted octanol–water partition coefficient (Wildman–Crippen LogP) is 3.63. The van der Waals surface area contributed by atoms with Crippen LogP contribution in [0.3, 0.4) is 0 Å².